The summed E-state index contributed by atoms with van der Waals surface area (Å²) in [5, 5.41) is 1.64. The lowest BCUT2D eigenvalue weighted by Crippen LogP contribution is -2.31. The van der Waals surface area contributed by atoms with Crippen LogP contribution in [0, 0.1) is 6.92 Å². The van der Waals surface area contributed by atoms with Crippen LogP contribution in [0.5, 0.6) is 0 Å². The molecule has 0 amide bonds. The zero-order chi connectivity index (χ0) is 14.5. The smallest absolute Gasteiger partial charge is 0.147 e. The van der Waals surface area contributed by atoms with E-state index in [0.29, 0.717) is 6.42 Å². The summed E-state index contributed by atoms with van der Waals surface area (Å²) in [6.07, 6.45) is 2.83. The topological polar surface area (TPSA) is 34.1 Å². The van der Waals surface area contributed by atoms with Crippen LogP contribution in [0.15, 0.2) is 24.3 Å². The highest BCUT2D eigenvalue weighted by Crippen LogP contribution is 2.34. The molecule has 0 N–H and O–H groups in total. The van der Waals surface area contributed by atoms with E-state index in [1.807, 2.05) is 0 Å². The second-order valence-corrected chi connectivity index (χ2v) is 8.53. The molecule has 0 aliphatic carbocycles. The molecule has 0 aliphatic heterocycles. The van der Waals surface area contributed by atoms with E-state index in [9.17, 15) is 8.42 Å². The molecule has 19 heavy (non-hydrogen) atoms. The van der Waals surface area contributed by atoms with Crippen LogP contribution in [0.1, 0.15) is 24.0 Å². The summed E-state index contributed by atoms with van der Waals surface area (Å²) < 4.78 is 22.5. The van der Waals surface area contributed by atoms with Gasteiger partial charge in [-0.1, -0.05) is 61.7 Å². The number of sulfone groups is 1. The van der Waals surface area contributed by atoms with Crippen LogP contribution in [-0.4, -0.2) is 31.1 Å². The van der Waals surface area contributed by atoms with Crippen molar-refractivity contribution in [2.24, 2.45) is 0 Å². The van der Waals surface area contributed by atoms with E-state index in [2.05, 4.69) is 63.0 Å². The maximum Gasteiger partial charge on any atom is 0.147 e. The number of halogens is 2. The van der Waals surface area contributed by atoms with Gasteiger partial charge in [-0.3, -0.25) is 0 Å². The minimum Gasteiger partial charge on any atom is -0.229 e. The molecule has 0 saturated carbocycles. The van der Waals surface area contributed by atoms with Crippen LogP contribution in [0.4, 0.5) is 0 Å². The van der Waals surface area contributed by atoms with E-state index < -0.39 is 9.84 Å². The number of hydrogen-bond acceptors (Lipinski definition) is 2. The number of alkyl halides is 2. The molecule has 0 radical (unpaired) electrons. The summed E-state index contributed by atoms with van der Waals surface area (Å²) in [4.78, 5) is 0. The van der Waals surface area contributed by atoms with Crippen LogP contribution < -0.4 is 0 Å². The summed E-state index contributed by atoms with van der Waals surface area (Å²) in [6, 6.07) is 8.48. The maximum absolute atomic E-state index is 11.3. The Morgan fingerprint density at radius 3 is 2.05 bits per heavy atom. The monoisotopic (exact) mass is 410 g/mol. The van der Waals surface area contributed by atoms with Crippen LogP contribution >= 0.6 is 31.9 Å². The Bertz CT molecular complexity index is 491. The molecule has 1 rings (SSSR count). The average Bonchev–Trinajstić information content (AvgIpc) is 2.35. The summed E-state index contributed by atoms with van der Waals surface area (Å²) in [5.41, 5.74) is 2.44. The Morgan fingerprint density at radius 2 is 1.63 bits per heavy atom. The van der Waals surface area contributed by atoms with Crippen molar-refractivity contribution < 1.29 is 8.42 Å². The fourth-order valence-electron chi connectivity index (χ4n) is 2.05. The summed E-state index contributed by atoms with van der Waals surface area (Å²) in [7, 11) is -2.88. The highest BCUT2D eigenvalue weighted by atomic mass is 79.9. The normalized spacial score (nSPS) is 12.6. The van der Waals surface area contributed by atoms with Gasteiger partial charge in [0, 0.05) is 28.1 Å². The van der Waals surface area contributed by atoms with Gasteiger partial charge >= 0.3 is 0 Å². The van der Waals surface area contributed by atoms with Gasteiger partial charge in [0.1, 0.15) is 9.84 Å². The molecule has 2 nitrogen and oxygen atoms in total. The highest BCUT2D eigenvalue weighted by molar-refractivity contribution is 9.09. The van der Waals surface area contributed by atoms with Gasteiger partial charge in [-0.05, 0) is 25.3 Å². The minimum atomic E-state index is -2.88. The molecule has 0 aromatic heterocycles. The molecule has 0 aliphatic rings. The fourth-order valence-corrected chi connectivity index (χ4v) is 4.85. The van der Waals surface area contributed by atoms with Gasteiger partial charge < -0.3 is 0 Å². The number of benzene rings is 1. The van der Waals surface area contributed by atoms with Gasteiger partial charge in [-0.15, -0.1) is 0 Å². The van der Waals surface area contributed by atoms with Crippen LogP contribution in [0.25, 0.3) is 0 Å². The van der Waals surface area contributed by atoms with E-state index in [-0.39, 0.29) is 11.2 Å². The van der Waals surface area contributed by atoms with Crippen molar-refractivity contribution >= 4 is 41.7 Å². The average molecular weight is 412 g/mol. The largest absolute Gasteiger partial charge is 0.229 e. The van der Waals surface area contributed by atoms with Crippen molar-refractivity contribution in [3.63, 3.8) is 0 Å². The predicted octanol–water partition coefficient (Wildman–Crippen LogP) is 3.85. The van der Waals surface area contributed by atoms with Gasteiger partial charge in [-0.25, -0.2) is 8.42 Å². The molecule has 5 heteroatoms. The van der Waals surface area contributed by atoms with Crippen LogP contribution in [-0.2, 0) is 15.3 Å². The first-order valence-electron chi connectivity index (χ1n) is 6.20. The van der Waals surface area contributed by atoms with Crippen LogP contribution in [0.3, 0.4) is 0 Å². The molecule has 0 saturated heterocycles. The van der Waals surface area contributed by atoms with Crippen molar-refractivity contribution in [1.82, 2.24) is 0 Å². The Morgan fingerprint density at radius 1 is 1.11 bits per heavy atom. The van der Waals surface area contributed by atoms with Crippen molar-refractivity contribution in [3.8, 4) is 0 Å². The minimum absolute atomic E-state index is 0.0433. The Kier molecular flexibility index (Phi) is 6.54. The van der Waals surface area contributed by atoms with Crippen molar-refractivity contribution in [2.45, 2.75) is 25.2 Å². The molecule has 0 fully saturated rings. The first-order chi connectivity index (χ1) is 8.83. The quantitative estimate of drug-likeness (QED) is 0.638. The van der Waals surface area contributed by atoms with Crippen molar-refractivity contribution in [3.05, 3.63) is 35.4 Å². The zero-order valence-corrected chi connectivity index (χ0v) is 15.3. The third-order valence-corrected chi connectivity index (χ3v) is 6.52. The maximum atomic E-state index is 11.3. The molecule has 0 spiro atoms. The Hall–Kier alpha value is 0.130. The van der Waals surface area contributed by atoms with E-state index >= 15 is 0 Å². The van der Waals surface area contributed by atoms with E-state index in [4.69, 9.17) is 0 Å². The lowest BCUT2D eigenvalue weighted by Gasteiger charge is -2.31. The second kappa shape index (κ2) is 7.23. The lowest BCUT2D eigenvalue weighted by atomic mass is 9.80. The Labute approximate surface area is 133 Å². The third kappa shape index (κ3) is 5.20. The second-order valence-electron chi connectivity index (χ2n) is 5.15. The van der Waals surface area contributed by atoms with E-state index in [1.54, 1.807) is 0 Å². The van der Waals surface area contributed by atoms with E-state index in [1.165, 1.54) is 17.4 Å². The summed E-state index contributed by atoms with van der Waals surface area (Å²) >= 11 is 7.18. The van der Waals surface area contributed by atoms with Crippen molar-refractivity contribution in [2.75, 3.05) is 22.7 Å². The number of hydrogen-bond donors (Lipinski definition) is 0. The standard InChI is InChI=1S/C14H20Br2O2S/c1-12-4-6-13(7-5-12)14(10-15,11-16)8-3-9-19(2,17)18/h4-7H,3,8-11H2,1-2H3. The molecule has 0 atom stereocenters. The first kappa shape index (κ1) is 17.2. The van der Waals surface area contributed by atoms with Gasteiger partial charge in [-0.2, -0.15) is 0 Å². The first-order valence-corrected chi connectivity index (χ1v) is 10.5. The molecule has 1 aromatic rings. The molecule has 0 unspecified atom stereocenters. The Balaban J connectivity index is 2.87. The van der Waals surface area contributed by atoms with Gasteiger partial charge in [0.25, 0.3) is 0 Å². The predicted molar refractivity (Wildman–Crippen MR) is 89.4 cm³/mol. The van der Waals surface area contributed by atoms with Gasteiger partial charge in [0.05, 0.1) is 0 Å². The fraction of sp³-hybridized carbons (Fsp3) is 0.571. The number of rotatable bonds is 7. The SMILES string of the molecule is Cc1ccc(C(CBr)(CBr)CCCS(C)(=O)=O)cc1. The molecular weight excluding hydrogens is 392 g/mol. The van der Waals surface area contributed by atoms with Gasteiger partial charge in [0.15, 0.2) is 0 Å². The summed E-state index contributed by atoms with van der Waals surface area (Å²) in [6.45, 7) is 2.07. The van der Waals surface area contributed by atoms with Gasteiger partial charge in [0.2, 0.25) is 0 Å². The zero-order valence-electron chi connectivity index (χ0n) is 11.3. The number of aryl methyl sites for hydroxylation is 1. The van der Waals surface area contributed by atoms with E-state index in [0.717, 1.165) is 17.1 Å². The lowest BCUT2D eigenvalue weighted by molar-refractivity contribution is 0.495. The molecule has 0 heterocycles. The summed E-state index contributed by atoms with van der Waals surface area (Å²) in [5.74, 6) is 0.251. The van der Waals surface area contributed by atoms with Crippen LogP contribution in [0.2, 0.25) is 0 Å². The highest BCUT2D eigenvalue weighted by Gasteiger charge is 2.29. The molecule has 1 aromatic carbocycles. The molecular formula is C14H20Br2O2S. The molecule has 108 valence electrons. The third-order valence-electron chi connectivity index (χ3n) is 3.35. The molecule has 0 bridgehead atoms. The van der Waals surface area contributed by atoms with Crippen molar-refractivity contribution in [1.29, 1.82) is 0 Å².